The predicted molar refractivity (Wildman–Crippen MR) is 60.8 cm³/mol. The third-order valence-corrected chi connectivity index (χ3v) is 2.06. The topological polar surface area (TPSA) is 56.2 Å². The fraction of sp³-hybridized carbons (Fsp3) is 0.455. The molecule has 86 valence electrons. The molecule has 0 saturated heterocycles. The second-order valence-electron chi connectivity index (χ2n) is 4.67. The average Bonchev–Trinajstić information content (AvgIpc) is 2.61. The fourth-order valence-corrected chi connectivity index (χ4v) is 1.41. The van der Waals surface area contributed by atoms with Crippen molar-refractivity contribution in [3.8, 4) is 0 Å². The molecule has 5 nitrogen and oxygen atoms in total. The molecule has 1 aliphatic heterocycles. The van der Waals surface area contributed by atoms with Gasteiger partial charge in [-0.3, -0.25) is 4.57 Å². The molecule has 0 aromatic carbocycles. The molecule has 5 heteroatoms. The molecule has 16 heavy (non-hydrogen) atoms. The zero-order valence-corrected chi connectivity index (χ0v) is 9.65. The summed E-state index contributed by atoms with van der Waals surface area (Å²) in [5.41, 5.74) is 0.132. The van der Waals surface area contributed by atoms with E-state index in [9.17, 15) is 4.79 Å². The van der Waals surface area contributed by atoms with Crippen LogP contribution in [0.1, 0.15) is 20.8 Å². The molecule has 2 rings (SSSR count). The zero-order chi connectivity index (χ0) is 11.8. The number of rotatable bonds is 1. The van der Waals surface area contributed by atoms with Gasteiger partial charge in [0.05, 0.1) is 12.1 Å². The van der Waals surface area contributed by atoms with Crippen molar-refractivity contribution in [2.45, 2.75) is 26.4 Å². The Balaban J connectivity index is 2.16. The molecule has 0 fully saturated rings. The molecule has 0 atom stereocenters. The minimum atomic E-state index is -0.465. The van der Waals surface area contributed by atoms with Crippen molar-refractivity contribution in [1.29, 1.82) is 0 Å². The Morgan fingerprint density at radius 2 is 2.31 bits per heavy atom. The van der Waals surface area contributed by atoms with Gasteiger partial charge >= 0.3 is 5.97 Å². The first kappa shape index (κ1) is 10.7. The van der Waals surface area contributed by atoms with E-state index < -0.39 is 5.60 Å². The average molecular weight is 221 g/mol. The number of hydrogen-bond donors (Lipinski definition) is 1. The lowest BCUT2D eigenvalue weighted by molar-refractivity contribution is -0.149. The first-order valence-electron chi connectivity index (χ1n) is 5.16. The normalized spacial score (nSPS) is 14.8. The lowest BCUT2D eigenvalue weighted by atomic mass is 10.2. The lowest BCUT2D eigenvalue weighted by Crippen LogP contribution is -2.28. The van der Waals surface area contributed by atoms with Crippen LogP contribution < -0.4 is 5.32 Å². The number of fused-ring (bicyclic) bond motifs is 1. The summed E-state index contributed by atoms with van der Waals surface area (Å²) in [6.45, 7) is 6.00. The van der Waals surface area contributed by atoms with Gasteiger partial charge in [-0.05, 0) is 20.8 Å². The molecule has 0 radical (unpaired) electrons. The van der Waals surface area contributed by atoms with Crippen LogP contribution in [0.2, 0.25) is 0 Å². The van der Waals surface area contributed by atoms with E-state index in [4.69, 9.17) is 4.74 Å². The van der Waals surface area contributed by atoms with Crippen LogP contribution in [0, 0.1) is 0 Å². The van der Waals surface area contributed by atoms with Crippen molar-refractivity contribution in [3.63, 3.8) is 0 Å². The largest absolute Gasteiger partial charge is 0.457 e. The maximum atomic E-state index is 11.8. The number of aromatic nitrogens is 2. The summed E-state index contributed by atoms with van der Waals surface area (Å²) < 4.78 is 7.05. The van der Waals surface area contributed by atoms with E-state index in [1.807, 2.05) is 20.8 Å². The Morgan fingerprint density at radius 1 is 1.56 bits per heavy atom. The maximum Gasteiger partial charge on any atom is 0.337 e. The molecule has 1 aromatic heterocycles. The third-order valence-electron chi connectivity index (χ3n) is 2.06. The summed E-state index contributed by atoms with van der Waals surface area (Å²) in [7, 11) is 0. The number of carbonyl (C=O) groups is 1. The van der Waals surface area contributed by atoms with Crippen LogP contribution in [-0.4, -0.2) is 27.7 Å². The third kappa shape index (κ3) is 2.24. The number of hydrogen-bond acceptors (Lipinski definition) is 4. The van der Waals surface area contributed by atoms with Gasteiger partial charge in [-0.15, -0.1) is 0 Å². The van der Waals surface area contributed by atoms with Crippen LogP contribution in [0.3, 0.4) is 0 Å². The molecule has 0 amide bonds. The predicted octanol–water partition coefficient (Wildman–Crippen LogP) is 1.49. The van der Waals surface area contributed by atoms with Crippen LogP contribution in [0.4, 0.5) is 5.95 Å². The monoisotopic (exact) mass is 221 g/mol. The minimum absolute atomic E-state index is 0.292. The highest BCUT2D eigenvalue weighted by Gasteiger charge is 2.22. The lowest BCUT2D eigenvalue weighted by Gasteiger charge is -2.22. The summed E-state index contributed by atoms with van der Waals surface area (Å²) in [5, 5.41) is 3.04. The number of nitrogens with one attached hydrogen (secondary N) is 1. The molecule has 1 aliphatic rings. The van der Waals surface area contributed by atoms with E-state index in [-0.39, 0.29) is 5.97 Å². The summed E-state index contributed by atoms with van der Waals surface area (Å²) in [6, 6.07) is 0. The summed E-state index contributed by atoms with van der Waals surface area (Å²) >= 11 is 0. The summed E-state index contributed by atoms with van der Waals surface area (Å²) in [4.78, 5) is 15.9. The standard InChI is InChI=1S/C11H15N3O2/c1-11(2,3)16-9(15)8-6-13-10-12-4-5-14(10)7-8/h4-5,7H,6H2,1-3H3,(H,12,13). The van der Waals surface area contributed by atoms with Gasteiger partial charge in [-0.1, -0.05) is 0 Å². The molecule has 2 heterocycles. The molecule has 1 aromatic rings. The van der Waals surface area contributed by atoms with Gasteiger partial charge in [0.25, 0.3) is 0 Å². The van der Waals surface area contributed by atoms with Crippen molar-refractivity contribution < 1.29 is 9.53 Å². The van der Waals surface area contributed by atoms with Gasteiger partial charge < -0.3 is 10.1 Å². The van der Waals surface area contributed by atoms with E-state index in [1.165, 1.54) is 0 Å². The number of carbonyl (C=O) groups excluding carboxylic acids is 1. The quantitative estimate of drug-likeness (QED) is 0.730. The number of ether oxygens (including phenoxy) is 1. The van der Waals surface area contributed by atoms with Gasteiger partial charge in [0, 0.05) is 18.6 Å². The Morgan fingerprint density at radius 3 is 3.00 bits per heavy atom. The van der Waals surface area contributed by atoms with Crippen molar-refractivity contribution in [3.05, 3.63) is 18.0 Å². The molecule has 0 bridgehead atoms. The van der Waals surface area contributed by atoms with Gasteiger partial charge in [0.15, 0.2) is 0 Å². The SMILES string of the molecule is CC(C)(C)OC(=O)C1=Cn2ccnc2NC1. The smallest absolute Gasteiger partial charge is 0.337 e. The van der Waals surface area contributed by atoms with Crippen molar-refractivity contribution in [2.75, 3.05) is 11.9 Å². The Bertz CT molecular complexity index is 440. The van der Waals surface area contributed by atoms with Crippen LogP contribution in [0.25, 0.3) is 6.20 Å². The maximum absolute atomic E-state index is 11.8. The van der Waals surface area contributed by atoms with Crippen molar-refractivity contribution in [2.24, 2.45) is 0 Å². The van der Waals surface area contributed by atoms with Crippen molar-refractivity contribution in [1.82, 2.24) is 9.55 Å². The number of esters is 1. The van der Waals surface area contributed by atoms with Crippen molar-refractivity contribution >= 4 is 18.1 Å². The zero-order valence-electron chi connectivity index (χ0n) is 9.65. The molecular formula is C11H15N3O2. The summed E-state index contributed by atoms with van der Waals surface area (Å²) in [6.07, 6.45) is 5.20. The molecule has 0 aliphatic carbocycles. The highest BCUT2D eigenvalue weighted by atomic mass is 16.6. The Kier molecular flexibility index (Phi) is 2.46. The molecular weight excluding hydrogens is 206 g/mol. The van der Waals surface area contributed by atoms with E-state index in [1.54, 1.807) is 23.2 Å². The van der Waals surface area contributed by atoms with Gasteiger partial charge in [0.2, 0.25) is 5.95 Å². The van der Waals surface area contributed by atoms with Crippen LogP contribution in [0.15, 0.2) is 18.0 Å². The van der Waals surface area contributed by atoms with Crippen LogP contribution in [0.5, 0.6) is 0 Å². The summed E-state index contributed by atoms with van der Waals surface area (Å²) in [5.74, 6) is 0.451. The number of anilines is 1. The van der Waals surface area contributed by atoms with Gasteiger partial charge in [0.1, 0.15) is 5.60 Å². The number of imidazole rings is 1. The second kappa shape index (κ2) is 3.66. The second-order valence-corrected chi connectivity index (χ2v) is 4.67. The highest BCUT2D eigenvalue weighted by molar-refractivity contribution is 5.93. The number of nitrogens with zero attached hydrogens (tertiary/aromatic N) is 2. The minimum Gasteiger partial charge on any atom is -0.457 e. The van der Waals surface area contributed by atoms with E-state index in [0.29, 0.717) is 12.1 Å². The highest BCUT2D eigenvalue weighted by Crippen LogP contribution is 2.17. The Hall–Kier alpha value is -1.78. The van der Waals surface area contributed by atoms with Gasteiger partial charge in [-0.25, -0.2) is 9.78 Å². The first-order valence-corrected chi connectivity index (χ1v) is 5.16. The van der Waals surface area contributed by atoms with E-state index >= 15 is 0 Å². The molecule has 0 spiro atoms. The van der Waals surface area contributed by atoms with Crippen LogP contribution >= 0.6 is 0 Å². The molecule has 0 saturated carbocycles. The van der Waals surface area contributed by atoms with E-state index in [2.05, 4.69) is 10.3 Å². The van der Waals surface area contributed by atoms with Gasteiger partial charge in [-0.2, -0.15) is 0 Å². The fourth-order valence-electron chi connectivity index (χ4n) is 1.41. The first-order chi connectivity index (χ1) is 7.46. The van der Waals surface area contributed by atoms with Crippen LogP contribution in [-0.2, 0) is 9.53 Å². The Labute approximate surface area is 94.1 Å². The molecule has 1 N–H and O–H groups in total. The van der Waals surface area contributed by atoms with E-state index in [0.717, 1.165) is 5.95 Å². The molecule has 0 unspecified atom stereocenters.